The molecule has 0 radical (unpaired) electrons. The van der Waals surface area contributed by atoms with Crippen LogP contribution in [0.25, 0.3) is 0 Å². The Morgan fingerprint density at radius 3 is 2.13 bits per heavy atom. The largest absolute Gasteiger partial charge is 0.481 e. The first kappa shape index (κ1) is 16.8. The lowest BCUT2D eigenvalue weighted by Crippen LogP contribution is -2.60. The second-order valence-corrected chi connectivity index (χ2v) is 10.1. The molecule has 4 heteroatoms. The first-order chi connectivity index (χ1) is 10.5. The first-order valence-electron chi connectivity index (χ1n) is 9.00. The van der Waals surface area contributed by atoms with Gasteiger partial charge in [-0.1, -0.05) is 13.8 Å². The summed E-state index contributed by atoms with van der Waals surface area (Å²) in [6, 6.07) is 0. The number of hydrogen-bond donors (Lipinski definition) is 2. The second-order valence-electron chi connectivity index (χ2n) is 10.1. The molecule has 2 N–H and O–H groups in total. The molecular formula is C19H31NO3. The average Bonchev–Trinajstić information content (AvgIpc) is 2.33. The van der Waals surface area contributed by atoms with E-state index >= 15 is 0 Å². The van der Waals surface area contributed by atoms with Crippen molar-refractivity contribution in [1.82, 2.24) is 5.32 Å². The van der Waals surface area contributed by atoms with Crippen molar-refractivity contribution >= 4 is 11.9 Å². The summed E-state index contributed by atoms with van der Waals surface area (Å²) in [4.78, 5) is 24.2. The van der Waals surface area contributed by atoms with Crippen LogP contribution in [0.2, 0.25) is 0 Å². The highest BCUT2D eigenvalue weighted by atomic mass is 16.4. The van der Waals surface area contributed by atoms with Crippen molar-refractivity contribution in [1.29, 1.82) is 0 Å². The minimum absolute atomic E-state index is 0.181. The van der Waals surface area contributed by atoms with E-state index in [4.69, 9.17) is 0 Å². The highest BCUT2D eigenvalue weighted by molar-refractivity contribution is 5.83. The molecule has 23 heavy (non-hydrogen) atoms. The number of aliphatic carboxylic acids is 1. The predicted molar refractivity (Wildman–Crippen MR) is 88.9 cm³/mol. The summed E-state index contributed by atoms with van der Waals surface area (Å²) in [6.07, 6.45) is 7.36. The van der Waals surface area contributed by atoms with Crippen molar-refractivity contribution in [3.8, 4) is 0 Å². The molecule has 0 saturated heterocycles. The van der Waals surface area contributed by atoms with Crippen LogP contribution in [0.4, 0.5) is 0 Å². The van der Waals surface area contributed by atoms with Crippen LogP contribution in [-0.2, 0) is 9.59 Å². The van der Waals surface area contributed by atoms with E-state index in [0.717, 1.165) is 19.3 Å². The summed E-state index contributed by atoms with van der Waals surface area (Å²) in [5, 5.41) is 12.3. The zero-order valence-electron chi connectivity index (χ0n) is 15.0. The average molecular weight is 321 g/mol. The van der Waals surface area contributed by atoms with Crippen molar-refractivity contribution in [3.05, 3.63) is 0 Å². The summed E-state index contributed by atoms with van der Waals surface area (Å²) >= 11 is 0. The van der Waals surface area contributed by atoms with E-state index in [1.54, 1.807) is 13.8 Å². The molecule has 0 aromatic carbocycles. The van der Waals surface area contributed by atoms with Gasteiger partial charge in [-0.05, 0) is 75.5 Å². The molecule has 0 aromatic heterocycles. The van der Waals surface area contributed by atoms with Crippen LogP contribution in [0.3, 0.4) is 0 Å². The molecule has 130 valence electrons. The molecule has 4 fully saturated rings. The van der Waals surface area contributed by atoms with E-state index in [-0.39, 0.29) is 11.3 Å². The number of carboxylic acid groups (broad SMARTS) is 1. The van der Waals surface area contributed by atoms with Gasteiger partial charge in [0.15, 0.2) is 0 Å². The van der Waals surface area contributed by atoms with Gasteiger partial charge in [0.05, 0.1) is 10.8 Å². The molecule has 2 atom stereocenters. The molecule has 2 unspecified atom stereocenters. The number of hydrogen-bond acceptors (Lipinski definition) is 2. The van der Waals surface area contributed by atoms with E-state index in [0.29, 0.717) is 29.7 Å². The number of nitrogens with one attached hydrogen (secondary N) is 1. The fourth-order valence-electron chi connectivity index (χ4n) is 6.48. The second kappa shape index (κ2) is 4.97. The van der Waals surface area contributed by atoms with Crippen molar-refractivity contribution < 1.29 is 14.7 Å². The van der Waals surface area contributed by atoms with Gasteiger partial charge in [-0.3, -0.25) is 9.59 Å². The zero-order valence-corrected chi connectivity index (χ0v) is 15.0. The third kappa shape index (κ3) is 2.89. The van der Waals surface area contributed by atoms with Crippen LogP contribution in [0.5, 0.6) is 0 Å². The molecule has 0 aliphatic heterocycles. The van der Waals surface area contributed by atoms with Crippen LogP contribution in [0, 0.1) is 27.6 Å². The Labute approximate surface area is 139 Å². The van der Waals surface area contributed by atoms with Crippen LogP contribution in [0.1, 0.15) is 72.6 Å². The minimum atomic E-state index is -0.804. The molecule has 4 aliphatic carbocycles. The van der Waals surface area contributed by atoms with Crippen molar-refractivity contribution in [3.63, 3.8) is 0 Å². The summed E-state index contributed by atoms with van der Waals surface area (Å²) in [5.41, 5.74) is -0.333. The van der Waals surface area contributed by atoms with Crippen LogP contribution >= 0.6 is 0 Å². The third-order valence-corrected chi connectivity index (χ3v) is 6.72. The first-order valence-corrected chi connectivity index (χ1v) is 9.00. The molecule has 4 bridgehead atoms. The Balaban J connectivity index is 1.67. The van der Waals surface area contributed by atoms with Crippen LogP contribution in [-0.4, -0.2) is 23.5 Å². The normalized spacial score (nSPS) is 41.8. The molecule has 4 saturated carbocycles. The van der Waals surface area contributed by atoms with E-state index < -0.39 is 11.4 Å². The molecule has 4 rings (SSSR count). The molecule has 0 heterocycles. The summed E-state index contributed by atoms with van der Waals surface area (Å²) < 4.78 is 0. The Morgan fingerprint density at radius 1 is 1.09 bits per heavy atom. The van der Waals surface area contributed by atoms with Crippen molar-refractivity contribution in [2.24, 2.45) is 27.6 Å². The van der Waals surface area contributed by atoms with Gasteiger partial charge in [0.2, 0.25) is 5.91 Å². The number of amides is 1. The van der Waals surface area contributed by atoms with Gasteiger partial charge in [0, 0.05) is 6.54 Å². The number of carbonyl (C=O) groups is 2. The monoisotopic (exact) mass is 321 g/mol. The van der Waals surface area contributed by atoms with Gasteiger partial charge in [0.1, 0.15) is 0 Å². The Kier molecular flexibility index (Phi) is 3.63. The zero-order chi connectivity index (χ0) is 17.1. The Hall–Kier alpha value is -1.06. The third-order valence-electron chi connectivity index (χ3n) is 6.72. The van der Waals surface area contributed by atoms with Crippen molar-refractivity contribution in [2.45, 2.75) is 72.6 Å². The minimum Gasteiger partial charge on any atom is -0.481 e. The molecule has 4 aliphatic rings. The lowest BCUT2D eigenvalue weighted by molar-refractivity contribution is -0.170. The summed E-state index contributed by atoms with van der Waals surface area (Å²) in [5.74, 6) is 0.0734. The van der Waals surface area contributed by atoms with E-state index in [1.807, 2.05) is 0 Å². The predicted octanol–water partition coefficient (Wildman–Crippen LogP) is 3.60. The highest BCUT2D eigenvalue weighted by Crippen LogP contribution is 2.69. The van der Waals surface area contributed by atoms with Crippen LogP contribution < -0.4 is 5.32 Å². The Bertz CT molecular complexity index is 521. The van der Waals surface area contributed by atoms with Crippen molar-refractivity contribution in [2.75, 3.05) is 6.54 Å². The fraction of sp³-hybridized carbons (Fsp3) is 0.895. The maximum absolute atomic E-state index is 13.0. The smallest absolute Gasteiger partial charge is 0.309 e. The molecule has 1 amide bonds. The molecule has 0 spiro atoms. The maximum atomic E-state index is 13.0. The van der Waals surface area contributed by atoms with E-state index in [9.17, 15) is 14.7 Å². The van der Waals surface area contributed by atoms with E-state index in [1.165, 1.54) is 19.3 Å². The lowest BCUT2D eigenvalue weighted by Gasteiger charge is -2.64. The fourth-order valence-corrected chi connectivity index (χ4v) is 6.48. The number of carbonyl (C=O) groups excluding carboxylic acids is 1. The number of rotatable bonds is 5. The lowest BCUT2D eigenvalue weighted by atomic mass is 9.40. The molecule has 4 nitrogen and oxygen atoms in total. The SMILES string of the molecule is CC12CC3CC(C)(C1)CC(C(=O)NCCC(C)(C)C(=O)O)(C3)C2. The van der Waals surface area contributed by atoms with Gasteiger partial charge < -0.3 is 10.4 Å². The van der Waals surface area contributed by atoms with Crippen LogP contribution in [0.15, 0.2) is 0 Å². The summed E-state index contributed by atoms with van der Waals surface area (Å²) in [7, 11) is 0. The van der Waals surface area contributed by atoms with Gasteiger partial charge >= 0.3 is 5.97 Å². The molecule has 0 aromatic rings. The highest BCUT2D eigenvalue weighted by Gasteiger charge is 2.62. The van der Waals surface area contributed by atoms with Gasteiger partial charge in [-0.25, -0.2) is 0 Å². The molecular weight excluding hydrogens is 290 g/mol. The summed E-state index contributed by atoms with van der Waals surface area (Å²) in [6.45, 7) is 8.62. The van der Waals surface area contributed by atoms with Gasteiger partial charge in [0.25, 0.3) is 0 Å². The topological polar surface area (TPSA) is 66.4 Å². The standard InChI is InChI=1S/C19H31NO3/c1-16(2,15(22)23)5-6-20-14(21)19-9-13-7-17(3,11-19)10-18(4,8-13)12-19/h13H,5-12H2,1-4H3,(H,20,21)(H,22,23). The maximum Gasteiger partial charge on any atom is 0.309 e. The Morgan fingerprint density at radius 2 is 1.65 bits per heavy atom. The van der Waals surface area contributed by atoms with E-state index in [2.05, 4.69) is 19.2 Å². The number of carboxylic acids is 1. The van der Waals surface area contributed by atoms with Gasteiger partial charge in [-0.15, -0.1) is 0 Å². The van der Waals surface area contributed by atoms with Gasteiger partial charge in [-0.2, -0.15) is 0 Å². The quantitative estimate of drug-likeness (QED) is 0.813.